The number of rotatable bonds is 3. The van der Waals surface area contributed by atoms with Crippen LogP contribution in [0.4, 0.5) is 5.69 Å². The third-order valence-corrected chi connectivity index (χ3v) is 6.26. The summed E-state index contributed by atoms with van der Waals surface area (Å²) in [6.45, 7) is 0. The van der Waals surface area contributed by atoms with Crippen molar-refractivity contribution in [3.63, 3.8) is 0 Å². The quantitative estimate of drug-likeness (QED) is 0.176. The molecule has 0 fully saturated rings. The Morgan fingerprint density at radius 3 is 2.73 bits per heavy atom. The number of aromatic nitrogens is 1. The number of hydrogen-bond donors (Lipinski definition) is 2. The van der Waals surface area contributed by atoms with Gasteiger partial charge in [0.2, 0.25) is 5.89 Å². The van der Waals surface area contributed by atoms with Crippen LogP contribution in [0.25, 0.3) is 33.3 Å². The van der Waals surface area contributed by atoms with Gasteiger partial charge in [-0.1, -0.05) is 48.0 Å². The Labute approximate surface area is 213 Å². The van der Waals surface area contributed by atoms with Crippen LogP contribution >= 0.6 is 46.4 Å². The van der Waals surface area contributed by atoms with Gasteiger partial charge in [-0.15, -0.1) is 0 Å². The van der Waals surface area contributed by atoms with E-state index in [-0.39, 0.29) is 11.0 Å². The van der Waals surface area contributed by atoms with E-state index in [9.17, 15) is 4.79 Å². The fraction of sp³-hybridized carbons (Fsp3) is 0. The Kier molecular flexibility index (Phi) is 6.01. The first-order valence-electron chi connectivity index (χ1n) is 9.94. The number of anilines is 1. The average Bonchev–Trinajstić information content (AvgIpc) is 3.26. The number of amides is 1. The van der Waals surface area contributed by atoms with Crippen molar-refractivity contribution >= 4 is 85.0 Å². The Bertz CT molecular complexity index is 1550. The molecule has 0 saturated carbocycles. The topological polar surface area (TPSA) is 67.2 Å². The number of nitrogens with zero attached hydrogens (tertiary/aromatic N) is 1. The van der Waals surface area contributed by atoms with Crippen molar-refractivity contribution in [2.45, 2.75) is 0 Å². The molecule has 0 aliphatic carbocycles. The molecule has 162 valence electrons. The van der Waals surface area contributed by atoms with Crippen molar-refractivity contribution < 1.29 is 9.21 Å². The second-order valence-electron chi connectivity index (χ2n) is 7.27. The Morgan fingerprint density at radius 2 is 1.85 bits per heavy atom. The first-order valence-corrected chi connectivity index (χ1v) is 11.8. The van der Waals surface area contributed by atoms with Crippen LogP contribution < -0.4 is 10.6 Å². The Balaban J connectivity index is 1.37. The van der Waals surface area contributed by atoms with Crippen LogP contribution in [0.2, 0.25) is 5.02 Å². The molecular weight excluding hydrogens is 569 g/mol. The molecule has 0 bridgehead atoms. The van der Waals surface area contributed by atoms with E-state index in [1.54, 1.807) is 12.1 Å². The fourth-order valence-electron chi connectivity index (χ4n) is 3.52. The van der Waals surface area contributed by atoms with E-state index in [0.29, 0.717) is 22.2 Å². The monoisotopic (exact) mass is 583 g/mol. The molecular formula is C25H15ClIN3O2S. The van der Waals surface area contributed by atoms with Gasteiger partial charge in [0.15, 0.2) is 10.7 Å². The molecule has 0 atom stereocenters. The lowest BCUT2D eigenvalue weighted by Crippen LogP contribution is -2.34. The molecule has 4 aromatic carbocycles. The Hall–Kier alpha value is -3.01. The van der Waals surface area contributed by atoms with Gasteiger partial charge >= 0.3 is 0 Å². The van der Waals surface area contributed by atoms with E-state index >= 15 is 0 Å². The van der Waals surface area contributed by atoms with Gasteiger partial charge in [-0.25, -0.2) is 4.98 Å². The summed E-state index contributed by atoms with van der Waals surface area (Å²) in [6.07, 6.45) is 0. The van der Waals surface area contributed by atoms with Gasteiger partial charge in [0.1, 0.15) is 5.52 Å². The van der Waals surface area contributed by atoms with Crippen LogP contribution in [-0.2, 0) is 0 Å². The van der Waals surface area contributed by atoms with Gasteiger partial charge in [-0.05, 0) is 82.7 Å². The molecule has 0 spiro atoms. The van der Waals surface area contributed by atoms with E-state index in [1.807, 2.05) is 66.7 Å². The number of hydrogen-bond acceptors (Lipinski definition) is 4. The number of oxazole rings is 1. The van der Waals surface area contributed by atoms with Crippen LogP contribution in [0.3, 0.4) is 0 Å². The number of benzene rings is 4. The summed E-state index contributed by atoms with van der Waals surface area (Å²) in [6, 6.07) is 24.7. The number of halogens is 2. The maximum absolute atomic E-state index is 12.6. The minimum Gasteiger partial charge on any atom is -0.436 e. The standard InChI is InChI=1S/C25H15ClIN3O2S/c26-20-10-9-16(27)13-19(20)23(31)30-25(33)28-17-6-3-5-15(12-17)24-29-22-18-7-2-1-4-14(18)8-11-21(22)32-24/h1-13H,(H2,28,30,31,33). The summed E-state index contributed by atoms with van der Waals surface area (Å²) in [5, 5.41) is 8.37. The Morgan fingerprint density at radius 1 is 1.00 bits per heavy atom. The number of carbonyl (C=O) groups is 1. The molecule has 0 unspecified atom stereocenters. The van der Waals surface area contributed by atoms with Gasteiger partial charge in [0, 0.05) is 20.2 Å². The summed E-state index contributed by atoms with van der Waals surface area (Å²) >= 11 is 13.6. The highest BCUT2D eigenvalue weighted by Gasteiger charge is 2.14. The molecule has 2 N–H and O–H groups in total. The van der Waals surface area contributed by atoms with E-state index in [1.165, 1.54) is 0 Å². The highest BCUT2D eigenvalue weighted by molar-refractivity contribution is 14.1. The first-order chi connectivity index (χ1) is 16.0. The third kappa shape index (κ3) is 4.57. The second kappa shape index (κ2) is 9.09. The highest BCUT2D eigenvalue weighted by Crippen LogP contribution is 2.30. The lowest BCUT2D eigenvalue weighted by Gasteiger charge is -2.11. The van der Waals surface area contributed by atoms with Gasteiger partial charge in [-0.2, -0.15) is 0 Å². The second-order valence-corrected chi connectivity index (χ2v) is 9.33. The molecule has 0 saturated heterocycles. The molecule has 5 aromatic rings. The van der Waals surface area contributed by atoms with Crippen LogP contribution in [0.15, 0.2) is 83.3 Å². The maximum Gasteiger partial charge on any atom is 0.258 e. The molecule has 33 heavy (non-hydrogen) atoms. The minimum atomic E-state index is -0.377. The van der Waals surface area contributed by atoms with Gasteiger partial charge < -0.3 is 9.73 Å². The summed E-state index contributed by atoms with van der Waals surface area (Å²) in [7, 11) is 0. The summed E-state index contributed by atoms with van der Waals surface area (Å²) in [4.78, 5) is 17.3. The SMILES string of the molecule is O=C(NC(=S)Nc1cccc(-c2nc3c(ccc4ccccc43)o2)c1)c1cc(I)ccc1Cl. The molecule has 1 heterocycles. The summed E-state index contributed by atoms with van der Waals surface area (Å²) in [5.74, 6) is 0.128. The predicted molar refractivity (Wildman–Crippen MR) is 145 cm³/mol. The van der Waals surface area contributed by atoms with E-state index in [4.69, 9.17) is 33.2 Å². The molecule has 0 radical (unpaired) electrons. The number of carbonyl (C=O) groups excluding carboxylic acids is 1. The van der Waals surface area contributed by atoms with Crippen LogP contribution in [0.1, 0.15) is 10.4 Å². The van der Waals surface area contributed by atoms with Gasteiger partial charge in [0.25, 0.3) is 5.91 Å². The number of thiocarbonyl (C=S) groups is 1. The lowest BCUT2D eigenvalue weighted by molar-refractivity contribution is 0.0978. The van der Waals surface area contributed by atoms with E-state index < -0.39 is 0 Å². The number of fused-ring (bicyclic) bond motifs is 3. The maximum atomic E-state index is 12.6. The van der Waals surface area contributed by atoms with Crippen LogP contribution in [-0.4, -0.2) is 16.0 Å². The summed E-state index contributed by atoms with van der Waals surface area (Å²) < 4.78 is 6.91. The highest BCUT2D eigenvalue weighted by atomic mass is 127. The van der Waals surface area contributed by atoms with Gasteiger partial charge in [0.05, 0.1) is 10.6 Å². The molecule has 0 aliphatic rings. The van der Waals surface area contributed by atoms with E-state index in [2.05, 4.69) is 33.2 Å². The molecule has 0 aliphatic heterocycles. The smallest absolute Gasteiger partial charge is 0.258 e. The van der Waals surface area contributed by atoms with Crippen molar-refractivity contribution in [2.75, 3.05) is 5.32 Å². The lowest BCUT2D eigenvalue weighted by atomic mass is 10.1. The van der Waals surface area contributed by atoms with Crippen molar-refractivity contribution in [3.8, 4) is 11.5 Å². The van der Waals surface area contributed by atoms with Crippen molar-refractivity contribution in [1.29, 1.82) is 0 Å². The molecule has 1 amide bonds. The average molecular weight is 584 g/mol. The van der Waals surface area contributed by atoms with Crippen molar-refractivity contribution in [2.24, 2.45) is 0 Å². The zero-order valence-electron chi connectivity index (χ0n) is 16.9. The van der Waals surface area contributed by atoms with Crippen LogP contribution in [0, 0.1) is 3.57 Å². The largest absolute Gasteiger partial charge is 0.436 e. The fourth-order valence-corrected chi connectivity index (χ4v) is 4.42. The van der Waals surface area contributed by atoms with Crippen molar-refractivity contribution in [3.05, 3.63) is 93.0 Å². The third-order valence-electron chi connectivity index (χ3n) is 5.05. The predicted octanol–water partition coefficient (Wildman–Crippen LogP) is 7.03. The van der Waals surface area contributed by atoms with E-state index in [0.717, 1.165) is 31.0 Å². The molecule has 5 rings (SSSR count). The normalized spacial score (nSPS) is 11.0. The molecule has 1 aromatic heterocycles. The van der Waals surface area contributed by atoms with Crippen molar-refractivity contribution in [1.82, 2.24) is 10.3 Å². The molecule has 8 heteroatoms. The zero-order valence-corrected chi connectivity index (χ0v) is 20.7. The summed E-state index contributed by atoms with van der Waals surface area (Å²) in [5.41, 5.74) is 3.38. The zero-order chi connectivity index (χ0) is 22.9. The van der Waals surface area contributed by atoms with Gasteiger partial charge in [-0.3, -0.25) is 10.1 Å². The minimum absolute atomic E-state index is 0.163. The first kappa shape index (κ1) is 21.8. The molecule has 5 nitrogen and oxygen atoms in total. The van der Waals surface area contributed by atoms with Crippen LogP contribution in [0.5, 0.6) is 0 Å². The number of nitrogens with one attached hydrogen (secondary N) is 2.